The Labute approximate surface area is 103 Å². The first-order chi connectivity index (χ1) is 7.96. The van der Waals surface area contributed by atoms with Gasteiger partial charge in [-0.3, -0.25) is 4.79 Å². The fourth-order valence-corrected chi connectivity index (χ4v) is 2.38. The summed E-state index contributed by atoms with van der Waals surface area (Å²) in [6.45, 7) is 0. The van der Waals surface area contributed by atoms with E-state index in [0.29, 0.717) is 5.56 Å². The molecule has 0 spiro atoms. The molecule has 2 aromatic rings. The molecule has 0 atom stereocenters. The molecule has 5 heteroatoms. The van der Waals surface area contributed by atoms with Crippen LogP contribution in [-0.4, -0.2) is 20.0 Å². The van der Waals surface area contributed by atoms with E-state index < -0.39 is 20.6 Å². The van der Waals surface area contributed by atoms with Crippen LogP contribution in [0.1, 0.15) is 10.4 Å². The van der Waals surface area contributed by atoms with Crippen LogP contribution >= 0.6 is 10.7 Å². The maximum Gasteiger partial charge on any atom is 0.240 e. The summed E-state index contributed by atoms with van der Waals surface area (Å²) >= 11 is 0. The van der Waals surface area contributed by atoms with Crippen LogP contribution in [0.25, 0.3) is 10.8 Å². The molecule has 0 aliphatic carbocycles. The molecule has 0 amide bonds. The van der Waals surface area contributed by atoms with Crippen LogP contribution in [0.3, 0.4) is 0 Å². The minimum Gasteiger partial charge on any atom is -0.293 e. The summed E-state index contributed by atoms with van der Waals surface area (Å²) in [5.41, 5.74) is 0.355. The van der Waals surface area contributed by atoms with Crippen LogP contribution in [0.2, 0.25) is 0 Å². The molecule has 0 aliphatic heterocycles. The highest BCUT2D eigenvalue weighted by Crippen LogP contribution is 2.16. The molecule has 3 nitrogen and oxygen atoms in total. The van der Waals surface area contributed by atoms with Gasteiger partial charge >= 0.3 is 0 Å². The summed E-state index contributed by atoms with van der Waals surface area (Å²) in [5.74, 6) is -1.17. The fraction of sp³-hybridized carbons (Fsp3) is 0.0833. The maximum absolute atomic E-state index is 11.6. The largest absolute Gasteiger partial charge is 0.293 e. The van der Waals surface area contributed by atoms with Crippen LogP contribution in [0.15, 0.2) is 42.5 Å². The molecule has 0 aromatic heterocycles. The topological polar surface area (TPSA) is 51.2 Å². The van der Waals surface area contributed by atoms with Crippen molar-refractivity contribution >= 4 is 36.3 Å². The van der Waals surface area contributed by atoms with E-state index in [0.717, 1.165) is 10.8 Å². The summed E-state index contributed by atoms with van der Waals surface area (Å²) in [5, 5.41) is 1.89. The third kappa shape index (κ3) is 3.05. The highest BCUT2D eigenvalue weighted by Gasteiger charge is 2.15. The fourth-order valence-electron chi connectivity index (χ4n) is 1.60. The number of benzene rings is 2. The third-order valence-electron chi connectivity index (χ3n) is 2.37. The molecule has 0 fully saturated rings. The molecule has 0 aliphatic rings. The van der Waals surface area contributed by atoms with Crippen molar-refractivity contribution in [1.82, 2.24) is 0 Å². The van der Waals surface area contributed by atoms with Crippen molar-refractivity contribution < 1.29 is 13.2 Å². The Morgan fingerprint density at radius 2 is 1.71 bits per heavy atom. The molecule has 2 aromatic carbocycles. The number of rotatable bonds is 3. The van der Waals surface area contributed by atoms with Crippen LogP contribution in [0, 0.1) is 0 Å². The first-order valence-corrected chi connectivity index (χ1v) is 7.38. The highest BCUT2D eigenvalue weighted by atomic mass is 35.7. The number of hydrogen-bond acceptors (Lipinski definition) is 3. The smallest absolute Gasteiger partial charge is 0.240 e. The van der Waals surface area contributed by atoms with Gasteiger partial charge in [-0.05, 0) is 16.8 Å². The molecule has 0 N–H and O–H groups in total. The number of carbonyl (C=O) groups excluding carboxylic acids is 1. The normalized spacial score (nSPS) is 11.6. The van der Waals surface area contributed by atoms with Gasteiger partial charge in [-0.1, -0.05) is 36.4 Å². The number of carbonyl (C=O) groups is 1. The molecular weight excluding hydrogens is 260 g/mol. The van der Waals surface area contributed by atoms with Gasteiger partial charge in [0.05, 0.1) is 0 Å². The van der Waals surface area contributed by atoms with E-state index in [1.807, 2.05) is 24.3 Å². The molecule has 0 bridgehead atoms. The standard InChI is InChI=1S/C12H9ClO3S/c13-17(15,16)8-12(14)11-6-5-9-3-1-2-4-10(9)7-11/h1-7H,8H2. The second kappa shape index (κ2) is 4.47. The predicted octanol–water partition coefficient (Wildman–Crippen LogP) is 2.59. The molecule has 0 saturated heterocycles. The summed E-state index contributed by atoms with van der Waals surface area (Å²) in [6.07, 6.45) is 0. The van der Waals surface area contributed by atoms with Crippen LogP contribution in [-0.2, 0) is 9.05 Å². The van der Waals surface area contributed by atoms with Gasteiger partial charge in [-0.2, -0.15) is 0 Å². The Morgan fingerprint density at radius 1 is 1.06 bits per heavy atom. The van der Waals surface area contributed by atoms with Crippen molar-refractivity contribution in [2.75, 3.05) is 5.75 Å². The molecular formula is C12H9ClO3S. The minimum absolute atomic E-state index is 0.355. The second-order valence-corrected chi connectivity index (χ2v) is 6.45. The first-order valence-electron chi connectivity index (χ1n) is 4.90. The van der Waals surface area contributed by atoms with Gasteiger partial charge in [-0.25, -0.2) is 8.42 Å². The Morgan fingerprint density at radius 3 is 2.35 bits per heavy atom. The van der Waals surface area contributed by atoms with Gasteiger partial charge in [0, 0.05) is 16.2 Å². The van der Waals surface area contributed by atoms with E-state index in [9.17, 15) is 13.2 Å². The van der Waals surface area contributed by atoms with Crippen molar-refractivity contribution in [2.45, 2.75) is 0 Å². The zero-order chi connectivity index (χ0) is 12.5. The Hall–Kier alpha value is -1.39. The van der Waals surface area contributed by atoms with Crippen LogP contribution < -0.4 is 0 Å². The van der Waals surface area contributed by atoms with Crippen molar-refractivity contribution in [1.29, 1.82) is 0 Å². The summed E-state index contributed by atoms with van der Waals surface area (Å²) in [7, 11) is 1.25. The molecule has 17 heavy (non-hydrogen) atoms. The molecule has 0 heterocycles. The summed E-state index contributed by atoms with van der Waals surface area (Å²) < 4.78 is 21.6. The first kappa shape index (κ1) is 12.1. The lowest BCUT2D eigenvalue weighted by atomic mass is 10.1. The molecule has 2 rings (SSSR count). The number of ketones is 1. The van der Waals surface area contributed by atoms with Gasteiger partial charge in [0.25, 0.3) is 0 Å². The minimum atomic E-state index is -3.80. The van der Waals surface area contributed by atoms with Crippen molar-refractivity contribution in [3.63, 3.8) is 0 Å². The predicted molar refractivity (Wildman–Crippen MR) is 67.9 cm³/mol. The molecule has 88 valence electrons. The van der Waals surface area contributed by atoms with E-state index in [-0.39, 0.29) is 0 Å². The number of hydrogen-bond donors (Lipinski definition) is 0. The lowest BCUT2D eigenvalue weighted by molar-refractivity contribution is 0.102. The lowest BCUT2D eigenvalue weighted by Gasteiger charge is -2.01. The summed E-state index contributed by atoms with van der Waals surface area (Å²) in [4.78, 5) is 11.6. The number of fused-ring (bicyclic) bond motifs is 1. The van der Waals surface area contributed by atoms with E-state index in [4.69, 9.17) is 10.7 Å². The number of halogens is 1. The summed E-state index contributed by atoms with van der Waals surface area (Å²) in [6, 6.07) is 12.6. The maximum atomic E-state index is 11.6. The number of Topliss-reactive ketones (excluding diaryl/α,β-unsaturated/α-hetero) is 1. The van der Waals surface area contributed by atoms with E-state index in [1.54, 1.807) is 18.2 Å². The third-order valence-corrected chi connectivity index (χ3v) is 3.31. The van der Waals surface area contributed by atoms with Crippen molar-refractivity contribution in [3.8, 4) is 0 Å². The molecule has 0 saturated carbocycles. The highest BCUT2D eigenvalue weighted by molar-refractivity contribution is 8.14. The zero-order valence-corrected chi connectivity index (χ0v) is 10.3. The average molecular weight is 269 g/mol. The van der Waals surface area contributed by atoms with E-state index in [2.05, 4.69) is 0 Å². The van der Waals surface area contributed by atoms with E-state index >= 15 is 0 Å². The van der Waals surface area contributed by atoms with Crippen LogP contribution in [0.5, 0.6) is 0 Å². The zero-order valence-electron chi connectivity index (χ0n) is 8.76. The van der Waals surface area contributed by atoms with Gasteiger partial charge in [0.1, 0.15) is 5.75 Å². The lowest BCUT2D eigenvalue weighted by Crippen LogP contribution is -2.11. The van der Waals surface area contributed by atoms with Gasteiger partial charge < -0.3 is 0 Å². The molecule has 0 unspecified atom stereocenters. The van der Waals surface area contributed by atoms with Crippen molar-refractivity contribution in [3.05, 3.63) is 48.0 Å². The monoisotopic (exact) mass is 268 g/mol. The van der Waals surface area contributed by atoms with Gasteiger partial charge in [0.2, 0.25) is 9.05 Å². The van der Waals surface area contributed by atoms with Gasteiger partial charge in [-0.15, -0.1) is 0 Å². The van der Waals surface area contributed by atoms with Gasteiger partial charge in [0.15, 0.2) is 5.78 Å². The Balaban J connectivity index is 2.40. The van der Waals surface area contributed by atoms with E-state index in [1.165, 1.54) is 0 Å². The van der Waals surface area contributed by atoms with Crippen LogP contribution in [0.4, 0.5) is 0 Å². The second-order valence-electron chi connectivity index (χ2n) is 3.67. The van der Waals surface area contributed by atoms with Crippen molar-refractivity contribution in [2.24, 2.45) is 0 Å². The molecule has 0 radical (unpaired) electrons. The Kier molecular flexibility index (Phi) is 3.17. The average Bonchev–Trinajstić information content (AvgIpc) is 2.26. The Bertz CT molecular complexity index is 677. The quantitative estimate of drug-likeness (QED) is 0.635. The SMILES string of the molecule is O=C(CS(=O)(=O)Cl)c1ccc2ccccc2c1.